The van der Waals surface area contributed by atoms with Crippen molar-refractivity contribution in [3.63, 3.8) is 0 Å². The quantitative estimate of drug-likeness (QED) is 0.757. The van der Waals surface area contributed by atoms with Gasteiger partial charge in [-0.15, -0.1) is 0 Å². The van der Waals surface area contributed by atoms with Crippen LogP contribution in [0.25, 0.3) is 0 Å². The minimum atomic E-state index is 0.728. The lowest BCUT2D eigenvalue weighted by molar-refractivity contribution is 0.227. The molecule has 0 radical (unpaired) electrons. The molecule has 3 heteroatoms. The van der Waals surface area contributed by atoms with Gasteiger partial charge >= 0.3 is 0 Å². The van der Waals surface area contributed by atoms with Crippen LogP contribution in [-0.2, 0) is 0 Å². The SMILES string of the molecule is CC(C)CN(CCNc1ccc(Br)cc1)CC(C)C. The Balaban J connectivity index is 2.36. The minimum Gasteiger partial charge on any atom is -0.384 e. The summed E-state index contributed by atoms with van der Waals surface area (Å²) in [6.07, 6.45) is 0. The summed E-state index contributed by atoms with van der Waals surface area (Å²) in [6.45, 7) is 13.6. The number of hydrogen-bond donors (Lipinski definition) is 1. The molecule has 108 valence electrons. The topological polar surface area (TPSA) is 15.3 Å². The van der Waals surface area contributed by atoms with Crippen LogP contribution in [0.2, 0.25) is 0 Å². The number of benzene rings is 1. The summed E-state index contributed by atoms with van der Waals surface area (Å²) in [5, 5.41) is 3.49. The maximum atomic E-state index is 3.49. The van der Waals surface area contributed by atoms with Gasteiger partial charge in [-0.2, -0.15) is 0 Å². The van der Waals surface area contributed by atoms with Gasteiger partial charge in [-0.05, 0) is 36.1 Å². The fraction of sp³-hybridized carbons (Fsp3) is 0.625. The van der Waals surface area contributed by atoms with Gasteiger partial charge < -0.3 is 10.2 Å². The normalized spacial score (nSPS) is 11.6. The number of halogens is 1. The molecular weight excluding hydrogens is 300 g/mol. The van der Waals surface area contributed by atoms with Gasteiger partial charge in [0.15, 0.2) is 0 Å². The van der Waals surface area contributed by atoms with Crippen molar-refractivity contribution >= 4 is 21.6 Å². The summed E-state index contributed by atoms with van der Waals surface area (Å²) in [6, 6.07) is 8.36. The van der Waals surface area contributed by atoms with E-state index in [2.05, 4.69) is 78.1 Å². The van der Waals surface area contributed by atoms with Crippen LogP contribution in [0.1, 0.15) is 27.7 Å². The maximum Gasteiger partial charge on any atom is 0.0341 e. The highest BCUT2D eigenvalue weighted by atomic mass is 79.9. The predicted octanol–water partition coefficient (Wildman–Crippen LogP) is 4.48. The zero-order valence-electron chi connectivity index (χ0n) is 12.6. The molecular formula is C16H27BrN2. The van der Waals surface area contributed by atoms with Crippen molar-refractivity contribution in [1.82, 2.24) is 4.90 Å². The molecule has 19 heavy (non-hydrogen) atoms. The van der Waals surface area contributed by atoms with Crippen LogP contribution >= 0.6 is 15.9 Å². The second-order valence-corrected chi connectivity index (χ2v) is 6.90. The van der Waals surface area contributed by atoms with Crippen LogP contribution in [-0.4, -0.2) is 31.1 Å². The molecule has 0 unspecified atom stereocenters. The van der Waals surface area contributed by atoms with E-state index >= 15 is 0 Å². The Morgan fingerprint density at radius 3 is 2.00 bits per heavy atom. The average molecular weight is 327 g/mol. The summed E-state index contributed by atoms with van der Waals surface area (Å²) >= 11 is 3.46. The largest absolute Gasteiger partial charge is 0.384 e. The maximum absolute atomic E-state index is 3.49. The van der Waals surface area contributed by atoms with E-state index in [9.17, 15) is 0 Å². The zero-order valence-corrected chi connectivity index (χ0v) is 14.2. The molecule has 0 aliphatic rings. The Kier molecular flexibility index (Phi) is 7.47. The molecule has 1 aromatic carbocycles. The van der Waals surface area contributed by atoms with E-state index in [0.717, 1.165) is 29.4 Å². The van der Waals surface area contributed by atoms with E-state index in [-0.39, 0.29) is 0 Å². The van der Waals surface area contributed by atoms with Gasteiger partial charge in [-0.1, -0.05) is 43.6 Å². The molecule has 1 aromatic rings. The lowest BCUT2D eigenvalue weighted by atomic mass is 10.1. The van der Waals surface area contributed by atoms with E-state index in [0.29, 0.717) is 0 Å². The molecule has 1 rings (SSSR count). The summed E-state index contributed by atoms with van der Waals surface area (Å²) in [7, 11) is 0. The lowest BCUT2D eigenvalue weighted by Crippen LogP contribution is -2.35. The van der Waals surface area contributed by atoms with Crippen molar-refractivity contribution in [3.8, 4) is 0 Å². The standard InChI is InChI=1S/C16H27BrN2/c1-13(2)11-19(12-14(3)4)10-9-18-16-7-5-15(17)6-8-16/h5-8,13-14,18H,9-12H2,1-4H3. The third kappa shape index (κ3) is 7.58. The highest BCUT2D eigenvalue weighted by Gasteiger charge is 2.08. The Hall–Kier alpha value is -0.540. The molecule has 0 aliphatic carbocycles. The van der Waals surface area contributed by atoms with Gasteiger partial charge in [0.1, 0.15) is 0 Å². The van der Waals surface area contributed by atoms with E-state index < -0.39 is 0 Å². The number of nitrogens with one attached hydrogen (secondary N) is 1. The fourth-order valence-electron chi connectivity index (χ4n) is 2.22. The summed E-state index contributed by atoms with van der Waals surface area (Å²) in [5.41, 5.74) is 1.19. The first kappa shape index (κ1) is 16.5. The molecule has 0 atom stereocenters. The van der Waals surface area contributed by atoms with Crippen molar-refractivity contribution in [1.29, 1.82) is 0 Å². The van der Waals surface area contributed by atoms with E-state index in [1.54, 1.807) is 0 Å². The average Bonchev–Trinajstić information content (AvgIpc) is 2.30. The Morgan fingerprint density at radius 2 is 1.53 bits per heavy atom. The molecule has 0 saturated heterocycles. The minimum absolute atomic E-state index is 0.728. The number of anilines is 1. The molecule has 0 bridgehead atoms. The van der Waals surface area contributed by atoms with Gasteiger partial charge in [-0.3, -0.25) is 0 Å². The van der Waals surface area contributed by atoms with Crippen molar-refractivity contribution in [2.75, 3.05) is 31.5 Å². The first-order valence-corrected chi connectivity index (χ1v) is 7.98. The number of rotatable bonds is 8. The first-order valence-electron chi connectivity index (χ1n) is 7.19. The Labute approximate surface area is 126 Å². The lowest BCUT2D eigenvalue weighted by Gasteiger charge is -2.26. The van der Waals surface area contributed by atoms with Crippen molar-refractivity contribution in [3.05, 3.63) is 28.7 Å². The van der Waals surface area contributed by atoms with Gasteiger partial charge in [-0.25, -0.2) is 0 Å². The van der Waals surface area contributed by atoms with Crippen LogP contribution in [0.3, 0.4) is 0 Å². The number of hydrogen-bond acceptors (Lipinski definition) is 2. The Bertz CT molecular complexity index is 336. The van der Waals surface area contributed by atoms with Gasteiger partial charge in [0, 0.05) is 36.3 Å². The summed E-state index contributed by atoms with van der Waals surface area (Å²) < 4.78 is 1.12. The summed E-state index contributed by atoms with van der Waals surface area (Å²) in [5.74, 6) is 1.46. The second-order valence-electron chi connectivity index (χ2n) is 5.98. The molecule has 0 amide bonds. The van der Waals surface area contributed by atoms with Gasteiger partial charge in [0.05, 0.1) is 0 Å². The second kappa shape index (κ2) is 8.60. The highest BCUT2D eigenvalue weighted by molar-refractivity contribution is 9.10. The molecule has 2 nitrogen and oxygen atoms in total. The fourth-order valence-corrected chi connectivity index (χ4v) is 2.48. The van der Waals surface area contributed by atoms with E-state index in [4.69, 9.17) is 0 Å². The summed E-state index contributed by atoms with van der Waals surface area (Å²) in [4.78, 5) is 2.56. The number of nitrogens with zero attached hydrogens (tertiary/aromatic N) is 1. The van der Waals surface area contributed by atoms with Gasteiger partial charge in [0.2, 0.25) is 0 Å². The van der Waals surface area contributed by atoms with Gasteiger partial charge in [0.25, 0.3) is 0 Å². The molecule has 0 saturated carbocycles. The molecule has 0 aliphatic heterocycles. The zero-order chi connectivity index (χ0) is 14.3. The Morgan fingerprint density at radius 1 is 1.00 bits per heavy atom. The van der Waals surface area contributed by atoms with Crippen LogP contribution in [0.5, 0.6) is 0 Å². The molecule has 0 aromatic heterocycles. The van der Waals surface area contributed by atoms with Crippen LogP contribution in [0.15, 0.2) is 28.7 Å². The van der Waals surface area contributed by atoms with Crippen molar-refractivity contribution in [2.45, 2.75) is 27.7 Å². The van der Waals surface area contributed by atoms with Crippen LogP contribution in [0, 0.1) is 11.8 Å². The van der Waals surface area contributed by atoms with E-state index in [1.807, 2.05) is 0 Å². The smallest absolute Gasteiger partial charge is 0.0341 e. The monoisotopic (exact) mass is 326 g/mol. The van der Waals surface area contributed by atoms with Crippen LogP contribution < -0.4 is 5.32 Å². The molecule has 0 fully saturated rings. The third-order valence-electron chi connectivity index (χ3n) is 2.85. The third-order valence-corrected chi connectivity index (χ3v) is 3.38. The van der Waals surface area contributed by atoms with Crippen molar-refractivity contribution < 1.29 is 0 Å². The first-order chi connectivity index (χ1) is 8.97. The molecule has 1 N–H and O–H groups in total. The van der Waals surface area contributed by atoms with E-state index in [1.165, 1.54) is 18.8 Å². The highest BCUT2D eigenvalue weighted by Crippen LogP contribution is 2.13. The predicted molar refractivity (Wildman–Crippen MR) is 88.7 cm³/mol. The van der Waals surface area contributed by atoms with Crippen LogP contribution in [0.4, 0.5) is 5.69 Å². The molecule has 0 spiro atoms. The molecule has 0 heterocycles. The van der Waals surface area contributed by atoms with Crippen molar-refractivity contribution in [2.24, 2.45) is 11.8 Å².